The number of fused-ring (bicyclic) bond motifs is 1. The summed E-state index contributed by atoms with van der Waals surface area (Å²) in [6.45, 7) is 2.77. The molecule has 0 aliphatic carbocycles. The van der Waals surface area contributed by atoms with E-state index in [1.54, 1.807) is 18.3 Å². The van der Waals surface area contributed by atoms with Crippen molar-refractivity contribution in [2.45, 2.75) is 26.2 Å². The van der Waals surface area contributed by atoms with E-state index >= 15 is 0 Å². The monoisotopic (exact) mass is 305 g/mol. The molecule has 21 heavy (non-hydrogen) atoms. The molecule has 1 aromatic heterocycles. The van der Waals surface area contributed by atoms with Gasteiger partial charge in [0.25, 0.3) is 0 Å². The molecule has 1 unspecified atom stereocenters. The molecule has 2 rings (SSSR count). The summed E-state index contributed by atoms with van der Waals surface area (Å²) in [5.74, 6) is 0.453. The number of amides is 1. The molecule has 1 atom stereocenters. The second-order valence-corrected chi connectivity index (χ2v) is 5.67. The number of anilines is 1. The van der Waals surface area contributed by atoms with Crippen LogP contribution in [-0.2, 0) is 4.79 Å². The van der Waals surface area contributed by atoms with E-state index < -0.39 is 0 Å². The minimum absolute atomic E-state index is 0.00635. The van der Waals surface area contributed by atoms with Gasteiger partial charge >= 0.3 is 0 Å². The first-order valence-corrected chi connectivity index (χ1v) is 7.52. The van der Waals surface area contributed by atoms with Crippen LogP contribution in [0.4, 0.5) is 5.69 Å². The summed E-state index contributed by atoms with van der Waals surface area (Å²) in [6, 6.07) is 7.29. The van der Waals surface area contributed by atoms with E-state index in [2.05, 4.69) is 17.2 Å². The number of hydrogen-bond acceptors (Lipinski definition) is 3. The number of carbonyl (C=O) groups excluding carboxylic acids is 1. The van der Waals surface area contributed by atoms with Crippen molar-refractivity contribution in [3.63, 3.8) is 0 Å². The third kappa shape index (κ3) is 4.16. The largest absolute Gasteiger partial charge is 0.330 e. The lowest BCUT2D eigenvalue weighted by Crippen LogP contribution is -2.14. The Labute approximate surface area is 129 Å². The number of halogens is 1. The van der Waals surface area contributed by atoms with Crippen LogP contribution in [0.3, 0.4) is 0 Å². The van der Waals surface area contributed by atoms with Gasteiger partial charge in [-0.1, -0.05) is 18.5 Å². The van der Waals surface area contributed by atoms with Gasteiger partial charge in [0, 0.05) is 18.0 Å². The van der Waals surface area contributed by atoms with E-state index in [1.165, 1.54) is 0 Å². The third-order valence-corrected chi connectivity index (χ3v) is 3.84. The number of aromatic nitrogens is 1. The molecular weight excluding hydrogens is 286 g/mol. The van der Waals surface area contributed by atoms with Crippen molar-refractivity contribution >= 4 is 34.1 Å². The van der Waals surface area contributed by atoms with Crippen molar-refractivity contribution in [2.75, 3.05) is 11.9 Å². The van der Waals surface area contributed by atoms with Crippen LogP contribution in [-0.4, -0.2) is 17.4 Å². The maximum atomic E-state index is 12.0. The van der Waals surface area contributed by atoms with E-state index in [-0.39, 0.29) is 5.91 Å². The van der Waals surface area contributed by atoms with Gasteiger partial charge in [0.1, 0.15) is 0 Å². The molecule has 0 saturated heterocycles. The second kappa shape index (κ2) is 7.38. The van der Waals surface area contributed by atoms with E-state index in [0.717, 1.165) is 18.2 Å². The molecule has 0 bridgehead atoms. The van der Waals surface area contributed by atoms with Crippen LogP contribution in [0.15, 0.2) is 30.5 Å². The Morgan fingerprint density at radius 2 is 2.19 bits per heavy atom. The second-order valence-electron chi connectivity index (χ2n) is 5.26. The molecule has 0 aliphatic heterocycles. The van der Waals surface area contributed by atoms with Gasteiger partial charge in [0.05, 0.1) is 16.2 Å². The van der Waals surface area contributed by atoms with Gasteiger partial charge in [-0.05, 0) is 49.6 Å². The minimum atomic E-state index is -0.00635. The predicted octanol–water partition coefficient (Wildman–Crippen LogP) is 3.59. The quantitative estimate of drug-likeness (QED) is 0.857. The first-order chi connectivity index (χ1) is 10.1. The SMILES string of the molecule is CC(CCN)CCC(=O)Nc1ccc(Cl)c2cccnc12. The molecule has 4 nitrogen and oxygen atoms in total. The highest BCUT2D eigenvalue weighted by molar-refractivity contribution is 6.35. The highest BCUT2D eigenvalue weighted by Crippen LogP contribution is 2.28. The van der Waals surface area contributed by atoms with Crippen molar-refractivity contribution in [3.05, 3.63) is 35.5 Å². The molecule has 2 aromatic rings. The Kier molecular flexibility index (Phi) is 5.53. The zero-order chi connectivity index (χ0) is 15.2. The van der Waals surface area contributed by atoms with Crippen LogP contribution >= 0.6 is 11.6 Å². The Balaban J connectivity index is 2.06. The Morgan fingerprint density at radius 3 is 2.95 bits per heavy atom. The Morgan fingerprint density at radius 1 is 1.38 bits per heavy atom. The highest BCUT2D eigenvalue weighted by Gasteiger charge is 2.10. The van der Waals surface area contributed by atoms with Crippen LogP contribution < -0.4 is 11.1 Å². The standard InChI is InChI=1S/C16H20ClN3O/c1-11(8-9-18)4-7-15(21)20-14-6-5-13(17)12-3-2-10-19-16(12)14/h2-3,5-6,10-11H,4,7-9,18H2,1H3,(H,20,21). The summed E-state index contributed by atoms with van der Waals surface area (Å²) < 4.78 is 0. The first kappa shape index (κ1) is 15.7. The molecule has 5 heteroatoms. The summed E-state index contributed by atoms with van der Waals surface area (Å²) >= 11 is 6.14. The number of hydrogen-bond donors (Lipinski definition) is 2. The van der Waals surface area contributed by atoms with Gasteiger partial charge in [0.2, 0.25) is 5.91 Å². The number of nitrogens with one attached hydrogen (secondary N) is 1. The van der Waals surface area contributed by atoms with Gasteiger partial charge in [-0.2, -0.15) is 0 Å². The fraction of sp³-hybridized carbons (Fsp3) is 0.375. The van der Waals surface area contributed by atoms with Crippen LogP contribution in [0, 0.1) is 5.92 Å². The smallest absolute Gasteiger partial charge is 0.224 e. The van der Waals surface area contributed by atoms with E-state index in [1.807, 2.05) is 12.1 Å². The number of benzene rings is 1. The van der Waals surface area contributed by atoms with E-state index in [9.17, 15) is 4.79 Å². The van der Waals surface area contributed by atoms with Gasteiger partial charge in [0.15, 0.2) is 0 Å². The van der Waals surface area contributed by atoms with Crippen molar-refractivity contribution in [1.82, 2.24) is 4.98 Å². The number of carbonyl (C=O) groups is 1. The Hall–Kier alpha value is -1.65. The highest BCUT2D eigenvalue weighted by atomic mass is 35.5. The first-order valence-electron chi connectivity index (χ1n) is 7.15. The van der Waals surface area contributed by atoms with Crippen molar-refractivity contribution in [3.8, 4) is 0 Å². The molecule has 0 saturated carbocycles. The summed E-state index contributed by atoms with van der Waals surface area (Å²) in [7, 11) is 0. The van der Waals surface area contributed by atoms with Gasteiger partial charge in [-0.25, -0.2) is 0 Å². The maximum Gasteiger partial charge on any atom is 0.224 e. The summed E-state index contributed by atoms with van der Waals surface area (Å²) in [6.07, 6.45) is 3.95. The van der Waals surface area contributed by atoms with Crippen molar-refractivity contribution in [2.24, 2.45) is 11.7 Å². The summed E-state index contributed by atoms with van der Waals surface area (Å²) in [4.78, 5) is 16.4. The van der Waals surface area contributed by atoms with Crippen molar-refractivity contribution < 1.29 is 4.79 Å². The number of nitrogens with zero attached hydrogens (tertiary/aromatic N) is 1. The lowest BCUT2D eigenvalue weighted by Gasteiger charge is -2.11. The summed E-state index contributed by atoms with van der Waals surface area (Å²) in [5, 5.41) is 4.39. The molecule has 1 amide bonds. The van der Waals surface area contributed by atoms with Crippen LogP contribution in [0.1, 0.15) is 26.2 Å². The zero-order valence-electron chi connectivity index (χ0n) is 12.1. The summed E-state index contributed by atoms with van der Waals surface area (Å²) in [5.41, 5.74) is 6.93. The minimum Gasteiger partial charge on any atom is -0.330 e. The molecule has 0 aliphatic rings. The van der Waals surface area contributed by atoms with Crippen LogP contribution in [0.25, 0.3) is 10.9 Å². The normalized spacial score (nSPS) is 12.3. The zero-order valence-corrected chi connectivity index (χ0v) is 12.9. The molecule has 0 fully saturated rings. The topological polar surface area (TPSA) is 68.0 Å². The fourth-order valence-corrected chi connectivity index (χ4v) is 2.47. The molecule has 1 aromatic carbocycles. The van der Waals surface area contributed by atoms with E-state index in [0.29, 0.717) is 35.1 Å². The predicted molar refractivity (Wildman–Crippen MR) is 87.5 cm³/mol. The molecule has 3 N–H and O–H groups in total. The van der Waals surface area contributed by atoms with Crippen LogP contribution in [0.5, 0.6) is 0 Å². The van der Waals surface area contributed by atoms with Crippen LogP contribution in [0.2, 0.25) is 5.02 Å². The average molecular weight is 306 g/mol. The van der Waals surface area contributed by atoms with E-state index in [4.69, 9.17) is 17.3 Å². The lowest BCUT2D eigenvalue weighted by atomic mass is 10.0. The fourth-order valence-electron chi connectivity index (χ4n) is 2.26. The number of rotatable bonds is 6. The molecular formula is C16H20ClN3O. The average Bonchev–Trinajstić information content (AvgIpc) is 2.49. The molecule has 112 valence electrons. The third-order valence-electron chi connectivity index (χ3n) is 3.51. The van der Waals surface area contributed by atoms with Gasteiger partial charge in [-0.15, -0.1) is 0 Å². The number of pyridine rings is 1. The van der Waals surface area contributed by atoms with Gasteiger partial charge < -0.3 is 11.1 Å². The molecule has 0 spiro atoms. The number of nitrogens with two attached hydrogens (primary N) is 1. The molecule has 1 heterocycles. The lowest BCUT2D eigenvalue weighted by molar-refractivity contribution is -0.116. The van der Waals surface area contributed by atoms with Gasteiger partial charge in [-0.3, -0.25) is 9.78 Å². The maximum absolute atomic E-state index is 12.0. The molecule has 0 radical (unpaired) electrons. The van der Waals surface area contributed by atoms with Crippen molar-refractivity contribution in [1.29, 1.82) is 0 Å². The Bertz CT molecular complexity index is 630.